The van der Waals surface area contributed by atoms with Gasteiger partial charge >= 0.3 is 0 Å². The van der Waals surface area contributed by atoms with Gasteiger partial charge in [0.05, 0.1) is 13.2 Å². The molecule has 1 aliphatic heterocycles. The van der Waals surface area contributed by atoms with Gasteiger partial charge in [-0.25, -0.2) is 9.97 Å². The first-order valence-electron chi connectivity index (χ1n) is 8.50. The first-order chi connectivity index (χ1) is 11.3. The molecule has 0 saturated carbocycles. The van der Waals surface area contributed by atoms with Crippen LogP contribution in [-0.2, 0) is 9.47 Å². The summed E-state index contributed by atoms with van der Waals surface area (Å²) in [5.74, 6) is 3.69. The second kappa shape index (κ2) is 7.49. The quantitative estimate of drug-likeness (QED) is 0.834. The Hall–Kier alpha value is -2.04. The minimum Gasteiger partial charge on any atom is -0.494 e. The fourth-order valence-corrected chi connectivity index (χ4v) is 3.09. The molecular weight excluding hydrogens is 290 g/mol. The van der Waals surface area contributed by atoms with Crippen molar-refractivity contribution in [2.24, 2.45) is 0 Å². The summed E-state index contributed by atoms with van der Waals surface area (Å²) in [6, 6.07) is 1.97. The lowest BCUT2D eigenvalue weighted by atomic mass is 10.1. The molecule has 0 spiro atoms. The van der Waals surface area contributed by atoms with Gasteiger partial charge in [0.25, 0.3) is 0 Å². The van der Waals surface area contributed by atoms with Crippen LogP contribution in [-0.4, -0.2) is 35.8 Å². The van der Waals surface area contributed by atoms with Gasteiger partial charge in [-0.3, -0.25) is 0 Å². The number of hydrogen-bond acceptors (Lipinski definition) is 5. The van der Waals surface area contributed by atoms with E-state index in [1.807, 2.05) is 26.1 Å². The molecule has 124 valence electrons. The number of aryl methyl sites for hydroxylation is 1. The van der Waals surface area contributed by atoms with Crippen molar-refractivity contribution in [3.05, 3.63) is 41.8 Å². The second-order valence-electron chi connectivity index (χ2n) is 5.95. The molecule has 1 aromatic rings. The van der Waals surface area contributed by atoms with Crippen LogP contribution >= 0.6 is 0 Å². The molecule has 5 nitrogen and oxygen atoms in total. The molecule has 0 bridgehead atoms. The molecule has 1 aliphatic carbocycles. The van der Waals surface area contributed by atoms with Crippen molar-refractivity contribution in [3.63, 3.8) is 0 Å². The highest BCUT2D eigenvalue weighted by Crippen LogP contribution is 2.26. The first-order valence-corrected chi connectivity index (χ1v) is 8.50. The Balaban J connectivity index is 1.68. The number of aromatic nitrogens is 2. The van der Waals surface area contributed by atoms with Crippen molar-refractivity contribution in [2.75, 3.05) is 24.6 Å². The SMILES string of the molecule is CCOC1=C(OC2CCCN(c3ccnc(C)n3)C2)C=CCC1. The largest absolute Gasteiger partial charge is 0.494 e. The van der Waals surface area contributed by atoms with Crippen LogP contribution in [0.5, 0.6) is 0 Å². The summed E-state index contributed by atoms with van der Waals surface area (Å²) in [6.07, 6.45) is 10.3. The van der Waals surface area contributed by atoms with Gasteiger partial charge in [-0.1, -0.05) is 6.08 Å². The zero-order valence-corrected chi connectivity index (χ0v) is 14.0. The van der Waals surface area contributed by atoms with Crippen LogP contribution in [0.15, 0.2) is 35.9 Å². The minimum atomic E-state index is 0.173. The topological polar surface area (TPSA) is 47.5 Å². The van der Waals surface area contributed by atoms with Crippen molar-refractivity contribution >= 4 is 5.82 Å². The monoisotopic (exact) mass is 315 g/mol. The summed E-state index contributed by atoms with van der Waals surface area (Å²) >= 11 is 0. The number of piperidine rings is 1. The average molecular weight is 315 g/mol. The van der Waals surface area contributed by atoms with E-state index in [1.54, 1.807) is 0 Å². The molecule has 1 unspecified atom stereocenters. The third-order valence-corrected chi connectivity index (χ3v) is 4.16. The van der Waals surface area contributed by atoms with Gasteiger partial charge in [-0.15, -0.1) is 0 Å². The zero-order chi connectivity index (χ0) is 16.1. The Morgan fingerprint density at radius 3 is 3.13 bits per heavy atom. The van der Waals surface area contributed by atoms with Gasteiger partial charge in [0.1, 0.15) is 23.5 Å². The molecule has 2 heterocycles. The number of hydrogen-bond donors (Lipinski definition) is 0. The fraction of sp³-hybridized carbons (Fsp3) is 0.556. The van der Waals surface area contributed by atoms with Gasteiger partial charge in [-0.2, -0.15) is 0 Å². The predicted molar refractivity (Wildman–Crippen MR) is 90.1 cm³/mol. The van der Waals surface area contributed by atoms with Gasteiger partial charge in [0.15, 0.2) is 5.76 Å². The van der Waals surface area contributed by atoms with E-state index < -0.39 is 0 Å². The molecule has 0 N–H and O–H groups in total. The lowest BCUT2D eigenvalue weighted by Gasteiger charge is -2.34. The molecule has 3 rings (SSSR count). The highest BCUT2D eigenvalue weighted by Gasteiger charge is 2.24. The summed E-state index contributed by atoms with van der Waals surface area (Å²) in [4.78, 5) is 11.0. The highest BCUT2D eigenvalue weighted by molar-refractivity contribution is 5.38. The van der Waals surface area contributed by atoms with Crippen molar-refractivity contribution < 1.29 is 9.47 Å². The number of anilines is 1. The number of nitrogens with zero attached hydrogens (tertiary/aromatic N) is 3. The van der Waals surface area contributed by atoms with Crippen LogP contribution in [0.3, 0.4) is 0 Å². The summed E-state index contributed by atoms with van der Waals surface area (Å²) in [7, 11) is 0. The Labute approximate surface area is 138 Å². The Morgan fingerprint density at radius 2 is 2.30 bits per heavy atom. The Morgan fingerprint density at radius 1 is 1.39 bits per heavy atom. The van der Waals surface area contributed by atoms with E-state index in [0.717, 1.165) is 61.9 Å². The third-order valence-electron chi connectivity index (χ3n) is 4.16. The predicted octanol–water partition coefficient (Wildman–Crippen LogP) is 3.37. The van der Waals surface area contributed by atoms with Crippen LogP contribution in [0.25, 0.3) is 0 Å². The van der Waals surface area contributed by atoms with Gasteiger partial charge < -0.3 is 14.4 Å². The fourth-order valence-electron chi connectivity index (χ4n) is 3.09. The molecule has 1 atom stereocenters. The van der Waals surface area contributed by atoms with E-state index in [9.17, 15) is 0 Å². The number of rotatable bonds is 5. The lowest BCUT2D eigenvalue weighted by Crippen LogP contribution is -2.40. The summed E-state index contributed by atoms with van der Waals surface area (Å²) < 4.78 is 12.0. The highest BCUT2D eigenvalue weighted by atomic mass is 16.5. The van der Waals surface area contributed by atoms with Crippen molar-refractivity contribution in [1.29, 1.82) is 0 Å². The first kappa shape index (κ1) is 15.8. The van der Waals surface area contributed by atoms with E-state index >= 15 is 0 Å². The maximum atomic E-state index is 6.26. The van der Waals surface area contributed by atoms with Crippen LogP contribution in [0.1, 0.15) is 38.4 Å². The standard InChI is InChI=1S/C18H25N3O2/c1-3-22-16-8-4-5-9-17(16)23-15-7-6-12-21(13-15)18-10-11-19-14(2)20-18/h5,9-11,15H,3-4,6-8,12-13H2,1-2H3. The van der Waals surface area contributed by atoms with E-state index in [4.69, 9.17) is 9.47 Å². The molecule has 23 heavy (non-hydrogen) atoms. The molecule has 1 aromatic heterocycles. The molecule has 0 aromatic carbocycles. The number of allylic oxidation sites excluding steroid dienone is 3. The van der Waals surface area contributed by atoms with Gasteiger partial charge in [-0.05, 0) is 45.3 Å². The number of ether oxygens (including phenoxy) is 2. The Kier molecular flexibility index (Phi) is 5.16. The zero-order valence-electron chi connectivity index (χ0n) is 14.0. The molecule has 5 heteroatoms. The van der Waals surface area contributed by atoms with E-state index in [-0.39, 0.29) is 6.10 Å². The smallest absolute Gasteiger partial charge is 0.157 e. The Bertz CT molecular complexity index is 598. The normalized spacial score (nSPS) is 21.5. The van der Waals surface area contributed by atoms with Crippen LogP contribution in [0.4, 0.5) is 5.82 Å². The van der Waals surface area contributed by atoms with Crippen molar-refractivity contribution in [2.45, 2.75) is 45.6 Å². The second-order valence-corrected chi connectivity index (χ2v) is 5.95. The average Bonchev–Trinajstić information content (AvgIpc) is 2.57. The van der Waals surface area contributed by atoms with Crippen LogP contribution in [0, 0.1) is 6.92 Å². The van der Waals surface area contributed by atoms with Crippen molar-refractivity contribution in [1.82, 2.24) is 9.97 Å². The summed E-state index contributed by atoms with van der Waals surface area (Å²) in [5.41, 5.74) is 0. The molecule has 1 fully saturated rings. The van der Waals surface area contributed by atoms with Gasteiger partial charge in [0, 0.05) is 19.2 Å². The molecular formula is C18H25N3O2. The molecule has 1 saturated heterocycles. The van der Waals surface area contributed by atoms with E-state index in [1.165, 1.54) is 0 Å². The third kappa shape index (κ3) is 4.03. The van der Waals surface area contributed by atoms with E-state index in [0.29, 0.717) is 6.61 Å². The molecule has 2 aliphatic rings. The van der Waals surface area contributed by atoms with Crippen LogP contribution in [0.2, 0.25) is 0 Å². The maximum absolute atomic E-state index is 6.26. The molecule has 0 radical (unpaired) electrons. The van der Waals surface area contributed by atoms with E-state index in [2.05, 4.69) is 27.0 Å². The van der Waals surface area contributed by atoms with Crippen LogP contribution < -0.4 is 4.90 Å². The molecule has 0 amide bonds. The summed E-state index contributed by atoms with van der Waals surface area (Å²) in [5, 5.41) is 0. The maximum Gasteiger partial charge on any atom is 0.157 e. The van der Waals surface area contributed by atoms with Crippen molar-refractivity contribution in [3.8, 4) is 0 Å². The van der Waals surface area contributed by atoms with Gasteiger partial charge in [0.2, 0.25) is 0 Å². The lowest BCUT2D eigenvalue weighted by molar-refractivity contribution is 0.0877. The minimum absolute atomic E-state index is 0.173. The summed E-state index contributed by atoms with van der Waals surface area (Å²) in [6.45, 7) is 6.50.